The smallest absolute Gasteiger partial charge is 0.232 e. The maximum atomic E-state index is 13.3. The highest BCUT2D eigenvalue weighted by molar-refractivity contribution is 6.00. The normalized spacial score (nSPS) is 22.0. The summed E-state index contributed by atoms with van der Waals surface area (Å²) < 4.78 is 0. The van der Waals surface area contributed by atoms with Gasteiger partial charge in [0.2, 0.25) is 5.91 Å². The van der Waals surface area contributed by atoms with Gasteiger partial charge in [-0.15, -0.1) is 0 Å². The number of carbonyl (C=O) groups excluding carboxylic acids is 1. The first kappa shape index (κ1) is 17.6. The van der Waals surface area contributed by atoms with Crippen molar-refractivity contribution in [3.05, 3.63) is 77.9 Å². The highest BCUT2D eigenvalue weighted by Crippen LogP contribution is 2.39. The third kappa shape index (κ3) is 3.68. The summed E-state index contributed by atoms with van der Waals surface area (Å²) in [5, 5.41) is 3.63. The molecular formula is C24H26N2O. The summed E-state index contributed by atoms with van der Waals surface area (Å²) in [5.41, 5.74) is 4.38. The molecule has 2 aromatic rings. The number of hydrogen-bond acceptors (Lipinski definition) is 2. The van der Waals surface area contributed by atoms with E-state index in [9.17, 15) is 4.79 Å². The lowest BCUT2D eigenvalue weighted by atomic mass is 10.0. The fourth-order valence-corrected chi connectivity index (χ4v) is 4.14. The maximum Gasteiger partial charge on any atom is 0.232 e. The molecule has 1 aliphatic heterocycles. The first-order chi connectivity index (χ1) is 13.3. The zero-order valence-corrected chi connectivity index (χ0v) is 15.8. The summed E-state index contributed by atoms with van der Waals surface area (Å²) in [7, 11) is 0. The van der Waals surface area contributed by atoms with Gasteiger partial charge in [0.05, 0.1) is 23.8 Å². The molecule has 1 amide bonds. The molecule has 0 saturated heterocycles. The van der Waals surface area contributed by atoms with Gasteiger partial charge in [-0.3, -0.25) is 4.79 Å². The van der Waals surface area contributed by atoms with Crippen molar-refractivity contribution in [1.82, 2.24) is 0 Å². The lowest BCUT2D eigenvalue weighted by molar-refractivity contribution is -0.122. The van der Waals surface area contributed by atoms with E-state index in [0.29, 0.717) is 6.54 Å². The topological polar surface area (TPSA) is 32.3 Å². The Kier molecular flexibility index (Phi) is 5.10. The average Bonchev–Trinajstić information content (AvgIpc) is 3.12. The van der Waals surface area contributed by atoms with Gasteiger partial charge in [0, 0.05) is 6.04 Å². The van der Waals surface area contributed by atoms with E-state index < -0.39 is 0 Å². The van der Waals surface area contributed by atoms with Crippen LogP contribution >= 0.6 is 0 Å². The van der Waals surface area contributed by atoms with Crippen LogP contribution in [0.4, 0.5) is 11.4 Å². The van der Waals surface area contributed by atoms with Crippen LogP contribution in [0.1, 0.15) is 37.3 Å². The quantitative estimate of drug-likeness (QED) is 0.742. The van der Waals surface area contributed by atoms with Crippen LogP contribution in [0, 0.1) is 5.92 Å². The number of allylic oxidation sites excluding steroid dienone is 3. The molecule has 2 aliphatic rings. The lowest BCUT2D eigenvalue weighted by Gasteiger charge is -2.25. The van der Waals surface area contributed by atoms with Crippen LogP contribution in [0.5, 0.6) is 0 Å². The minimum Gasteiger partial charge on any atom is -0.380 e. The first-order valence-corrected chi connectivity index (χ1v) is 9.81. The number of benzene rings is 2. The maximum absolute atomic E-state index is 13.3. The van der Waals surface area contributed by atoms with Crippen LogP contribution in [0.3, 0.4) is 0 Å². The molecular weight excluding hydrogens is 332 g/mol. The number of rotatable bonds is 4. The highest BCUT2D eigenvalue weighted by Gasteiger charge is 2.39. The molecule has 1 N–H and O–H groups in total. The van der Waals surface area contributed by atoms with E-state index in [-0.39, 0.29) is 17.9 Å². The second-order valence-electron chi connectivity index (χ2n) is 7.36. The molecule has 1 fully saturated rings. The van der Waals surface area contributed by atoms with Crippen LogP contribution in [0.25, 0.3) is 6.08 Å². The summed E-state index contributed by atoms with van der Waals surface area (Å²) in [4.78, 5) is 15.3. The molecule has 1 saturated carbocycles. The number of anilines is 2. The minimum absolute atomic E-state index is 0.0837. The van der Waals surface area contributed by atoms with Gasteiger partial charge in [0.25, 0.3) is 0 Å². The van der Waals surface area contributed by atoms with Gasteiger partial charge in [-0.05, 0) is 43.0 Å². The van der Waals surface area contributed by atoms with Crippen molar-refractivity contribution >= 4 is 23.4 Å². The molecule has 0 spiro atoms. The zero-order chi connectivity index (χ0) is 18.6. The summed E-state index contributed by atoms with van der Waals surface area (Å²) in [6.07, 6.45) is 11.3. The van der Waals surface area contributed by atoms with Crippen LogP contribution < -0.4 is 10.2 Å². The fourth-order valence-electron chi connectivity index (χ4n) is 4.14. The van der Waals surface area contributed by atoms with Gasteiger partial charge in [-0.25, -0.2) is 0 Å². The van der Waals surface area contributed by atoms with Gasteiger partial charge in [0.15, 0.2) is 0 Å². The molecule has 0 aromatic heterocycles. The summed E-state index contributed by atoms with van der Waals surface area (Å²) in [6.45, 7) is 2.62. The molecule has 1 aliphatic carbocycles. The van der Waals surface area contributed by atoms with Crippen LogP contribution in [-0.4, -0.2) is 11.9 Å². The Hall–Kier alpha value is -2.81. The van der Waals surface area contributed by atoms with Crippen molar-refractivity contribution in [2.24, 2.45) is 5.92 Å². The van der Waals surface area contributed by atoms with Crippen molar-refractivity contribution < 1.29 is 4.79 Å². The summed E-state index contributed by atoms with van der Waals surface area (Å²) in [6, 6.07) is 16.9. The number of nitrogens with one attached hydrogen (secondary N) is 1. The predicted octanol–water partition coefficient (Wildman–Crippen LogP) is 5.40. The van der Waals surface area contributed by atoms with Crippen molar-refractivity contribution in [2.45, 2.75) is 38.8 Å². The minimum atomic E-state index is 0.0837. The van der Waals surface area contributed by atoms with Crippen LogP contribution in [0.15, 0.2) is 66.8 Å². The molecule has 138 valence electrons. The van der Waals surface area contributed by atoms with E-state index in [4.69, 9.17) is 0 Å². The SMILES string of the molecule is C/C=C\C=C/c1ccc(CN2C(=O)C3CCCC3Nc3ccccc32)cc1. The second kappa shape index (κ2) is 7.83. The van der Waals surface area contributed by atoms with Gasteiger partial charge in [0.1, 0.15) is 0 Å². The zero-order valence-electron chi connectivity index (χ0n) is 15.8. The summed E-state index contributed by atoms with van der Waals surface area (Å²) in [5.74, 6) is 0.340. The number of amides is 1. The Morgan fingerprint density at radius 3 is 2.70 bits per heavy atom. The third-order valence-electron chi connectivity index (χ3n) is 5.55. The Bertz CT molecular complexity index is 866. The molecule has 2 atom stereocenters. The van der Waals surface area contributed by atoms with Gasteiger partial charge in [-0.2, -0.15) is 0 Å². The van der Waals surface area contributed by atoms with Gasteiger partial charge < -0.3 is 10.2 Å². The Balaban J connectivity index is 1.60. The van der Waals surface area contributed by atoms with Crippen molar-refractivity contribution in [3.8, 4) is 0 Å². The molecule has 2 unspecified atom stereocenters. The molecule has 1 heterocycles. The van der Waals surface area contributed by atoms with E-state index in [0.717, 1.165) is 41.8 Å². The van der Waals surface area contributed by atoms with E-state index in [1.807, 2.05) is 42.2 Å². The number of para-hydroxylation sites is 2. The van der Waals surface area contributed by atoms with Crippen molar-refractivity contribution in [1.29, 1.82) is 0 Å². The Morgan fingerprint density at radius 1 is 1.07 bits per heavy atom. The van der Waals surface area contributed by atoms with Gasteiger partial charge in [-0.1, -0.05) is 67.1 Å². The molecule has 3 nitrogen and oxygen atoms in total. The molecule has 0 radical (unpaired) electrons. The monoisotopic (exact) mass is 358 g/mol. The van der Waals surface area contributed by atoms with E-state index in [1.54, 1.807) is 0 Å². The van der Waals surface area contributed by atoms with E-state index in [1.165, 1.54) is 0 Å². The Morgan fingerprint density at radius 2 is 1.89 bits per heavy atom. The van der Waals surface area contributed by atoms with Crippen molar-refractivity contribution in [2.75, 3.05) is 10.2 Å². The van der Waals surface area contributed by atoms with E-state index in [2.05, 4.69) is 47.8 Å². The summed E-state index contributed by atoms with van der Waals surface area (Å²) >= 11 is 0. The first-order valence-electron chi connectivity index (χ1n) is 9.81. The van der Waals surface area contributed by atoms with Crippen molar-refractivity contribution in [3.63, 3.8) is 0 Å². The third-order valence-corrected chi connectivity index (χ3v) is 5.55. The van der Waals surface area contributed by atoms with Crippen LogP contribution in [0.2, 0.25) is 0 Å². The van der Waals surface area contributed by atoms with E-state index >= 15 is 0 Å². The lowest BCUT2D eigenvalue weighted by Crippen LogP contribution is -2.38. The fraction of sp³-hybridized carbons (Fsp3) is 0.292. The number of hydrogen-bond donors (Lipinski definition) is 1. The highest BCUT2D eigenvalue weighted by atomic mass is 16.2. The molecule has 27 heavy (non-hydrogen) atoms. The molecule has 3 heteroatoms. The van der Waals surface area contributed by atoms with Crippen LogP contribution in [-0.2, 0) is 11.3 Å². The number of carbonyl (C=O) groups is 1. The number of fused-ring (bicyclic) bond motifs is 2. The largest absolute Gasteiger partial charge is 0.380 e. The predicted molar refractivity (Wildman–Crippen MR) is 113 cm³/mol. The standard InChI is InChI=1S/C24H26N2O/c1-2-3-4-8-18-13-15-19(16-14-18)17-26-23-12-6-5-10-22(23)25-21-11-7-9-20(21)24(26)27/h2-6,8,10,12-16,20-21,25H,7,9,11,17H2,1H3/b3-2-,8-4-. The molecule has 2 aromatic carbocycles. The molecule has 4 rings (SSSR count). The molecule has 0 bridgehead atoms. The second-order valence-corrected chi connectivity index (χ2v) is 7.36. The Labute approximate surface area is 161 Å². The van der Waals surface area contributed by atoms with Gasteiger partial charge >= 0.3 is 0 Å². The number of nitrogens with zero attached hydrogens (tertiary/aromatic N) is 1. The average molecular weight is 358 g/mol.